The molecular weight excluding hydrogens is 365 g/mol. The van der Waals surface area contributed by atoms with Gasteiger partial charge in [-0.05, 0) is 30.9 Å². The topological polar surface area (TPSA) is 87.1 Å². The zero-order valence-electron chi connectivity index (χ0n) is 14.2. The number of carboxylic acids is 1. The van der Waals surface area contributed by atoms with Crippen molar-refractivity contribution in [3.63, 3.8) is 0 Å². The minimum Gasteiger partial charge on any atom is -0.484 e. The molecule has 26 heavy (non-hydrogen) atoms. The van der Waals surface area contributed by atoms with Gasteiger partial charge in [0.1, 0.15) is 17.0 Å². The van der Waals surface area contributed by atoms with E-state index in [-0.39, 0.29) is 42.8 Å². The molecule has 0 radical (unpaired) electrons. The molecule has 6 nitrogen and oxygen atoms in total. The van der Waals surface area contributed by atoms with Crippen molar-refractivity contribution in [1.29, 1.82) is 0 Å². The number of likely N-dealkylation sites (tertiary alicyclic amines) is 1. The maximum atomic E-state index is 13.2. The van der Waals surface area contributed by atoms with Gasteiger partial charge < -0.3 is 19.8 Å². The Balaban J connectivity index is 1.65. The Morgan fingerprint density at radius 3 is 2.69 bits per heavy atom. The smallest absolute Gasteiger partial charge is 0.314 e. The fourth-order valence-corrected chi connectivity index (χ4v) is 3.60. The van der Waals surface area contributed by atoms with Crippen LogP contribution in [0.5, 0.6) is 5.75 Å². The minimum absolute atomic E-state index is 0.0353. The number of carboxylic acid groups (broad SMARTS) is 1. The number of amides is 1. The van der Waals surface area contributed by atoms with E-state index in [0.717, 1.165) is 18.9 Å². The van der Waals surface area contributed by atoms with Crippen LogP contribution in [0.2, 0.25) is 5.02 Å². The number of nitrogens with zero attached hydrogens (tertiary/aromatic N) is 1. The van der Waals surface area contributed by atoms with Gasteiger partial charge in [0.05, 0.1) is 11.1 Å². The molecule has 1 amide bonds. The van der Waals surface area contributed by atoms with Crippen LogP contribution in [-0.4, -0.2) is 52.8 Å². The van der Waals surface area contributed by atoms with Gasteiger partial charge in [0.25, 0.3) is 5.91 Å². The quantitative estimate of drug-likeness (QED) is 0.784. The number of halogens is 2. The van der Waals surface area contributed by atoms with Crippen LogP contribution in [0.15, 0.2) is 18.2 Å². The fourth-order valence-electron chi connectivity index (χ4n) is 3.43. The van der Waals surface area contributed by atoms with E-state index < -0.39 is 23.3 Å². The van der Waals surface area contributed by atoms with Gasteiger partial charge in [0.15, 0.2) is 6.61 Å². The van der Waals surface area contributed by atoms with Crippen molar-refractivity contribution in [2.75, 3.05) is 19.7 Å². The van der Waals surface area contributed by atoms with Crippen LogP contribution in [0.3, 0.4) is 0 Å². The number of hydrogen-bond donors (Lipinski definition) is 2. The van der Waals surface area contributed by atoms with Crippen molar-refractivity contribution in [1.82, 2.24) is 4.90 Å². The number of benzene rings is 1. The molecule has 1 heterocycles. The van der Waals surface area contributed by atoms with E-state index in [1.165, 1.54) is 17.0 Å². The first-order chi connectivity index (χ1) is 12.3. The van der Waals surface area contributed by atoms with Crippen molar-refractivity contribution < 1.29 is 28.9 Å². The third-order valence-corrected chi connectivity index (χ3v) is 5.45. The van der Waals surface area contributed by atoms with Gasteiger partial charge >= 0.3 is 5.97 Å². The molecule has 2 atom stereocenters. The molecule has 3 rings (SSSR count). The van der Waals surface area contributed by atoms with E-state index in [1.54, 1.807) is 0 Å². The van der Waals surface area contributed by atoms with Gasteiger partial charge in [0.2, 0.25) is 0 Å². The Hall–Kier alpha value is -1.86. The molecule has 0 bridgehead atoms. The summed E-state index contributed by atoms with van der Waals surface area (Å²) in [5.74, 6) is -1.47. The Morgan fingerprint density at radius 1 is 1.35 bits per heavy atom. The summed E-state index contributed by atoms with van der Waals surface area (Å²) in [5, 5.41) is 19.9. The van der Waals surface area contributed by atoms with Gasteiger partial charge in [0, 0.05) is 19.2 Å². The van der Waals surface area contributed by atoms with E-state index in [2.05, 4.69) is 0 Å². The van der Waals surface area contributed by atoms with Crippen LogP contribution in [0.4, 0.5) is 4.39 Å². The van der Waals surface area contributed by atoms with Crippen LogP contribution < -0.4 is 4.74 Å². The lowest BCUT2D eigenvalue weighted by Gasteiger charge is -2.43. The number of carbonyl (C=O) groups excluding carboxylic acids is 1. The molecule has 0 aromatic heterocycles. The summed E-state index contributed by atoms with van der Waals surface area (Å²) < 4.78 is 18.5. The minimum atomic E-state index is -1.33. The molecule has 1 aliphatic heterocycles. The van der Waals surface area contributed by atoms with E-state index in [1.807, 2.05) is 0 Å². The van der Waals surface area contributed by atoms with Gasteiger partial charge in [-0.2, -0.15) is 0 Å². The SMILES string of the molecule is O=C(COc1ccc(F)c(Cl)c1)N1CC[C@@H](O)[C@@](CC2CC2)(C(=O)O)C1. The zero-order valence-corrected chi connectivity index (χ0v) is 14.9. The Morgan fingerprint density at radius 2 is 2.08 bits per heavy atom. The van der Waals surface area contributed by atoms with Gasteiger partial charge in [-0.3, -0.25) is 9.59 Å². The highest BCUT2D eigenvalue weighted by atomic mass is 35.5. The molecule has 1 aromatic rings. The average molecular weight is 386 g/mol. The third kappa shape index (κ3) is 3.94. The molecule has 8 heteroatoms. The van der Waals surface area contributed by atoms with Gasteiger partial charge in [-0.1, -0.05) is 24.4 Å². The second-order valence-corrected chi connectivity index (χ2v) is 7.50. The highest BCUT2D eigenvalue weighted by molar-refractivity contribution is 6.30. The number of hydrogen-bond acceptors (Lipinski definition) is 4. The van der Waals surface area contributed by atoms with Crippen molar-refractivity contribution in [3.8, 4) is 5.75 Å². The maximum Gasteiger partial charge on any atom is 0.314 e. The molecule has 0 spiro atoms. The van der Waals surface area contributed by atoms with Crippen molar-refractivity contribution in [2.24, 2.45) is 11.3 Å². The predicted octanol–water partition coefficient (Wildman–Crippen LogP) is 2.32. The lowest BCUT2D eigenvalue weighted by atomic mass is 9.73. The van der Waals surface area contributed by atoms with Crippen molar-refractivity contribution >= 4 is 23.5 Å². The Bertz CT molecular complexity index is 711. The van der Waals surface area contributed by atoms with E-state index in [4.69, 9.17) is 16.3 Å². The average Bonchev–Trinajstić information content (AvgIpc) is 3.41. The summed E-state index contributed by atoms with van der Waals surface area (Å²) >= 11 is 5.68. The van der Waals surface area contributed by atoms with Crippen molar-refractivity contribution in [2.45, 2.75) is 31.8 Å². The van der Waals surface area contributed by atoms with Crippen LogP contribution in [0.1, 0.15) is 25.7 Å². The number of rotatable bonds is 6. The molecule has 0 unspecified atom stereocenters. The zero-order chi connectivity index (χ0) is 18.9. The van der Waals surface area contributed by atoms with E-state index in [9.17, 15) is 24.2 Å². The number of aliphatic hydroxyl groups excluding tert-OH is 1. The van der Waals surface area contributed by atoms with E-state index >= 15 is 0 Å². The Labute approximate surface area is 155 Å². The highest BCUT2D eigenvalue weighted by Crippen LogP contribution is 2.45. The summed E-state index contributed by atoms with van der Waals surface area (Å²) in [4.78, 5) is 25.8. The first-order valence-electron chi connectivity index (χ1n) is 8.59. The normalized spacial score (nSPS) is 25.8. The monoisotopic (exact) mass is 385 g/mol. The summed E-state index contributed by atoms with van der Waals surface area (Å²) in [6.45, 7) is -0.0726. The summed E-state index contributed by atoms with van der Waals surface area (Å²) in [6, 6.07) is 3.78. The summed E-state index contributed by atoms with van der Waals surface area (Å²) in [5.41, 5.74) is -1.33. The van der Waals surface area contributed by atoms with E-state index in [0.29, 0.717) is 12.3 Å². The lowest BCUT2D eigenvalue weighted by molar-refractivity contribution is -0.167. The molecule has 1 aliphatic carbocycles. The number of ether oxygens (including phenoxy) is 1. The Kier molecular flexibility index (Phi) is 5.39. The fraction of sp³-hybridized carbons (Fsp3) is 0.556. The molecule has 142 valence electrons. The third-order valence-electron chi connectivity index (χ3n) is 5.17. The maximum absolute atomic E-state index is 13.2. The molecule has 2 fully saturated rings. The molecule has 1 saturated heterocycles. The molecule has 2 N–H and O–H groups in total. The molecule has 1 aromatic carbocycles. The highest BCUT2D eigenvalue weighted by Gasteiger charge is 2.52. The number of carbonyl (C=O) groups is 2. The predicted molar refractivity (Wildman–Crippen MR) is 91.5 cm³/mol. The number of aliphatic hydroxyl groups is 1. The van der Waals surface area contributed by atoms with Crippen molar-refractivity contribution in [3.05, 3.63) is 29.0 Å². The second kappa shape index (κ2) is 7.40. The number of aliphatic carboxylic acids is 1. The molecule has 1 saturated carbocycles. The van der Waals surface area contributed by atoms with Crippen LogP contribution >= 0.6 is 11.6 Å². The lowest BCUT2D eigenvalue weighted by Crippen LogP contribution is -2.58. The van der Waals surface area contributed by atoms with Crippen LogP contribution in [-0.2, 0) is 9.59 Å². The molecule has 2 aliphatic rings. The second-order valence-electron chi connectivity index (χ2n) is 7.09. The first-order valence-corrected chi connectivity index (χ1v) is 8.97. The standard InChI is InChI=1S/C18H21ClFNO5/c19-13-7-12(3-4-14(13)20)26-9-16(23)21-6-5-15(22)18(10-21,17(24)25)8-11-1-2-11/h3-4,7,11,15,22H,1-2,5-6,8-10H2,(H,24,25)/t15-,18+/m1/s1. The number of piperidine rings is 1. The van der Waals surface area contributed by atoms with Crippen LogP contribution in [0.25, 0.3) is 0 Å². The summed E-state index contributed by atoms with van der Waals surface area (Å²) in [6.07, 6.45) is 1.55. The first kappa shape index (κ1) is 18.9. The molecular formula is C18H21ClFNO5. The van der Waals surface area contributed by atoms with Gasteiger partial charge in [-0.25, -0.2) is 4.39 Å². The largest absolute Gasteiger partial charge is 0.484 e. The summed E-state index contributed by atoms with van der Waals surface area (Å²) in [7, 11) is 0. The van der Waals surface area contributed by atoms with Gasteiger partial charge in [-0.15, -0.1) is 0 Å². The van der Waals surface area contributed by atoms with Crippen LogP contribution in [0, 0.1) is 17.2 Å².